The molecule has 1 aromatic carbocycles. The van der Waals surface area contributed by atoms with Crippen molar-refractivity contribution in [1.82, 2.24) is 14.8 Å². The molecule has 0 N–H and O–H groups in total. The van der Waals surface area contributed by atoms with Gasteiger partial charge < -0.3 is 0 Å². The highest BCUT2D eigenvalue weighted by Crippen LogP contribution is 2.28. The number of carbonyl (C=O) groups is 1. The molecule has 2 heterocycles. The van der Waals surface area contributed by atoms with E-state index in [1.54, 1.807) is 29.0 Å². The first kappa shape index (κ1) is 12.8. The average Bonchev–Trinajstić information content (AvgIpc) is 3.13. The zero-order valence-corrected chi connectivity index (χ0v) is 12.0. The van der Waals surface area contributed by atoms with Crippen LogP contribution in [0.15, 0.2) is 42.7 Å². The van der Waals surface area contributed by atoms with Crippen LogP contribution >= 0.6 is 11.3 Å². The van der Waals surface area contributed by atoms with Gasteiger partial charge in [0.1, 0.15) is 6.04 Å². The maximum atomic E-state index is 12.5. The van der Waals surface area contributed by atoms with Crippen LogP contribution < -0.4 is 4.90 Å². The van der Waals surface area contributed by atoms with Gasteiger partial charge in [-0.1, -0.05) is 23.5 Å². The first-order chi connectivity index (χ1) is 9.66. The van der Waals surface area contributed by atoms with Gasteiger partial charge in [-0.05, 0) is 25.1 Å². The summed E-state index contributed by atoms with van der Waals surface area (Å²) >= 11 is 1.51. The molecule has 20 heavy (non-hydrogen) atoms. The molecule has 0 fully saturated rings. The van der Waals surface area contributed by atoms with E-state index in [9.17, 15) is 4.79 Å². The number of hydrogen-bond donors (Lipinski definition) is 0. The number of amides is 1. The predicted molar refractivity (Wildman–Crippen MR) is 80.0 cm³/mol. The molecule has 0 radical (unpaired) electrons. The van der Waals surface area contributed by atoms with Crippen molar-refractivity contribution in [1.29, 1.82) is 0 Å². The van der Waals surface area contributed by atoms with Gasteiger partial charge in [0, 0.05) is 19.4 Å². The van der Waals surface area contributed by atoms with Crippen molar-refractivity contribution in [3.63, 3.8) is 0 Å². The van der Waals surface area contributed by atoms with Crippen molar-refractivity contribution >= 4 is 32.6 Å². The van der Waals surface area contributed by atoms with Gasteiger partial charge in [-0.2, -0.15) is 5.10 Å². The number of aromatic nitrogens is 3. The Labute approximate surface area is 120 Å². The van der Waals surface area contributed by atoms with Crippen molar-refractivity contribution < 1.29 is 4.79 Å². The summed E-state index contributed by atoms with van der Waals surface area (Å²) in [5.74, 6) is -0.0345. The second-order valence-electron chi connectivity index (χ2n) is 4.52. The molecule has 2 aromatic heterocycles. The van der Waals surface area contributed by atoms with Crippen molar-refractivity contribution in [2.24, 2.45) is 0 Å². The Bertz CT molecular complexity index is 702. The molecular formula is C14H14N4OS. The van der Waals surface area contributed by atoms with E-state index in [1.165, 1.54) is 11.3 Å². The van der Waals surface area contributed by atoms with Crippen LogP contribution in [0.2, 0.25) is 0 Å². The summed E-state index contributed by atoms with van der Waals surface area (Å²) in [6.07, 6.45) is 3.45. The van der Waals surface area contributed by atoms with Gasteiger partial charge in [-0.15, -0.1) is 0 Å². The van der Waals surface area contributed by atoms with E-state index in [1.807, 2.05) is 37.3 Å². The van der Waals surface area contributed by atoms with E-state index in [2.05, 4.69) is 10.1 Å². The van der Waals surface area contributed by atoms with Gasteiger partial charge in [-0.25, -0.2) is 4.98 Å². The third kappa shape index (κ3) is 2.18. The maximum Gasteiger partial charge on any atom is 0.253 e. The van der Waals surface area contributed by atoms with Gasteiger partial charge in [0.2, 0.25) is 0 Å². The number of benzene rings is 1. The van der Waals surface area contributed by atoms with Gasteiger partial charge >= 0.3 is 0 Å². The molecule has 1 amide bonds. The lowest BCUT2D eigenvalue weighted by atomic mass is 10.3. The summed E-state index contributed by atoms with van der Waals surface area (Å²) in [7, 11) is 1.75. The first-order valence-electron chi connectivity index (χ1n) is 6.29. The largest absolute Gasteiger partial charge is 0.289 e. The number of likely N-dealkylation sites (N-methyl/N-ethyl adjacent to an activating group) is 1. The lowest BCUT2D eigenvalue weighted by Gasteiger charge is -2.19. The predicted octanol–water partition coefficient (Wildman–Crippen LogP) is 2.72. The standard InChI is InChI=1S/C14H14N4OS/c1-10(18-9-5-8-15-18)13(19)17(2)14-16-11-6-3-4-7-12(11)20-14/h3-10H,1-2H3. The maximum absolute atomic E-state index is 12.5. The molecule has 0 bridgehead atoms. The van der Waals surface area contributed by atoms with E-state index >= 15 is 0 Å². The number of anilines is 1. The Morgan fingerprint density at radius 2 is 2.15 bits per heavy atom. The SMILES string of the molecule is CC(C(=O)N(C)c1nc2ccccc2s1)n1cccn1. The van der Waals surface area contributed by atoms with Crippen LogP contribution in [0.3, 0.4) is 0 Å². The van der Waals surface area contributed by atoms with Gasteiger partial charge in [0.05, 0.1) is 10.2 Å². The summed E-state index contributed by atoms with van der Waals surface area (Å²) in [5, 5.41) is 4.81. The second kappa shape index (κ2) is 5.05. The van der Waals surface area contributed by atoms with Crippen molar-refractivity contribution in [2.75, 3.05) is 11.9 Å². The Hall–Kier alpha value is -2.21. The zero-order chi connectivity index (χ0) is 14.1. The summed E-state index contributed by atoms with van der Waals surface area (Å²) < 4.78 is 2.72. The van der Waals surface area contributed by atoms with Crippen molar-refractivity contribution in [3.05, 3.63) is 42.7 Å². The lowest BCUT2D eigenvalue weighted by molar-refractivity contribution is -0.121. The topological polar surface area (TPSA) is 51.0 Å². The first-order valence-corrected chi connectivity index (χ1v) is 7.11. The number of para-hydroxylation sites is 1. The number of carbonyl (C=O) groups excluding carboxylic acids is 1. The lowest BCUT2D eigenvalue weighted by Crippen LogP contribution is -2.33. The second-order valence-corrected chi connectivity index (χ2v) is 5.53. The fourth-order valence-corrected chi connectivity index (χ4v) is 2.93. The monoisotopic (exact) mass is 286 g/mol. The number of thiazole rings is 1. The molecular weight excluding hydrogens is 272 g/mol. The Balaban J connectivity index is 1.88. The van der Waals surface area contributed by atoms with Crippen LogP contribution in [0, 0.1) is 0 Å². The Morgan fingerprint density at radius 3 is 2.85 bits per heavy atom. The quantitative estimate of drug-likeness (QED) is 0.744. The minimum Gasteiger partial charge on any atom is -0.289 e. The summed E-state index contributed by atoms with van der Waals surface area (Å²) in [6.45, 7) is 1.83. The van der Waals surface area contributed by atoms with Crippen LogP contribution in [0.1, 0.15) is 13.0 Å². The zero-order valence-electron chi connectivity index (χ0n) is 11.2. The van der Waals surface area contributed by atoms with Gasteiger partial charge in [0.15, 0.2) is 5.13 Å². The van der Waals surface area contributed by atoms with Crippen LogP contribution in [-0.2, 0) is 4.79 Å². The van der Waals surface area contributed by atoms with Crippen LogP contribution in [0.25, 0.3) is 10.2 Å². The number of hydrogen-bond acceptors (Lipinski definition) is 4. The van der Waals surface area contributed by atoms with Gasteiger partial charge in [-0.3, -0.25) is 14.4 Å². The molecule has 0 aliphatic heterocycles. The molecule has 1 atom stereocenters. The molecule has 5 nitrogen and oxygen atoms in total. The molecule has 0 spiro atoms. The highest BCUT2D eigenvalue weighted by molar-refractivity contribution is 7.22. The Morgan fingerprint density at radius 1 is 1.35 bits per heavy atom. The van der Waals surface area contributed by atoms with Gasteiger partial charge in [0.25, 0.3) is 5.91 Å². The van der Waals surface area contributed by atoms with E-state index in [0.29, 0.717) is 5.13 Å². The molecule has 6 heteroatoms. The minimum atomic E-state index is -0.345. The highest BCUT2D eigenvalue weighted by atomic mass is 32.1. The highest BCUT2D eigenvalue weighted by Gasteiger charge is 2.22. The fraction of sp³-hybridized carbons (Fsp3) is 0.214. The number of fused-ring (bicyclic) bond motifs is 1. The van der Waals surface area contributed by atoms with Crippen molar-refractivity contribution in [3.8, 4) is 0 Å². The normalized spacial score (nSPS) is 12.5. The third-order valence-corrected chi connectivity index (χ3v) is 4.29. The number of nitrogens with zero attached hydrogens (tertiary/aromatic N) is 4. The average molecular weight is 286 g/mol. The van der Waals surface area contributed by atoms with E-state index in [-0.39, 0.29) is 11.9 Å². The van der Waals surface area contributed by atoms with E-state index in [0.717, 1.165) is 10.2 Å². The molecule has 0 aliphatic carbocycles. The Kier molecular flexibility index (Phi) is 3.23. The summed E-state index contributed by atoms with van der Waals surface area (Å²) in [4.78, 5) is 18.5. The minimum absolute atomic E-state index is 0.0345. The van der Waals surface area contributed by atoms with E-state index in [4.69, 9.17) is 0 Å². The summed E-state index contributed by atoms with van der Waals surface area (Å²) in [6, 6.07) is 9.33. The van der Waals surface area contributed by atoms with Crippen LogP contribution in [-0.4, -0.2) is 27.7 Å². The smallest absolute Gasteiger partial charge is 0.253 e. The fourth-order valence-electron chi connectivity index (χ4n) is 2.00. The molecule has 0 saturated carbocycles. The molecule has 0 aliphatic rings. The molecule has 102 valence electrons. The number of rotatable bonds is 3. The molecule has 3 aromatic rings. The van der Waals surface area contributed by atoms with Crippen LogP contribution in [0.4, 0.5) is 5.13 Å². The van der Waals surface area contributed by atoms with Crippen molar-refractivity contribution in [2.45, 2.75) is 13.0 Å². The third-order valence-electron chi connectivity index (χ3n) is 3.18. The van der Waals surface area contributed by atoms with Crippen LogP contribution in [0.5, 0.6) is 0 Å². The molecule has 1 unspecified atom stereocenters. The molecule has 0 saturated heterocycles. The molecule has 3 rings (SSSR count). The summed E-state index contributed by atoms with van der Waals surface area (Å²) in [5.41, 5.74) is 0.916. The van der Waals surface area contributed by atoms with E-state index < -0.39 is 0 Å².